The van der Waals surface area contributed by atoms with E-state index in [0.29, 0.717) is 16.8 Å². The third-order valence-electron chi connectivity index (χ3n) is 5.24. The fourth-order valence-corrected chi connectivity index (χ4v) is 3.75. The van der Waals surface area contributed by atoms with E-state index in [4.69, 9.17) is 0 Å². The lowest BCUT2D eigenvalue weighted by atomic mass is 10.0. The maximum Gasteiger partial charge on any atom is 0.198 e. The molecule has 1 saturated carbocycles. The van der Waals surface area contributed by atoms with Crippen LogP contribution in [0.4, 0.5) is 10.1 Å². The van der Waals surface area contributed by atoms with Gasteiger partial charge in [-0.3, -0.25) is 9.78 Å². The Morgan fingerprint density at radius 3 is 2.77 bits per heavy atom. The fourth-order valence-electron chi connectivity index (χ4n) is 3.41. The Hall–Kier alpha value is -1.82. The summed E-state index contributed by atoms with van der Waals surface area (Å²) in [4.78, 5) is 17.0. The van der Waals surface area contributed by atoms with Crippen LogP contribution in [0.1, 0.15) is 33.6 Å². The molecule has 6 nitrogen and oxygen atoms in total. The number of hydrogen-bond acceptors (Lipinski definition) is 5. The molecule has 2 aromatic rings. The van der Waals surface area contributed by atoms with E-state index < -0.39 is 24.2 Å². The Balaban J connectivity index is 1.89. The first-order valence-corrected chi connectivity index (χ1v) is 8.98. The highest BCUT2D eigenvalue weighted by Gasteiger charge is 2.42. The summed E-state index contributed by atoms with van der Waals surface area (Å²) < 4.78 is 16.2. The molecule has 1 unspecified atom stereocenters. The van der Waals surface area contributed by atoms with Gasteiger partial charge in [0.2, 0.25) is 0 Å². The van der Waals surface area contributed by atoms with Crippen molar-refractivity contribution in [2.45, 2.75) is 38.6 Å². The molecule has 5 atom stereocenters. The topological polar surface area (TPSA) is 87.4 Å². The van der Waals surface area contributed by atoms with Crippen LogP contribution in [0.3, 0.4) is 0 Å². The minimum absolute atomic E-state index is 0.199. The molecular weight excluding hydrogens is 356 g/mol. The van der Waals surface area contributed by atoms with Crippen LogP contribution in [0.5, 0.6) is 0 Å². The highest BCUT2D eigenvalue weighted by Crippen LogP contribution is 2.32. The van der Waals surface area contributed by atoms with Gasteiger partial charge >= 0.3 is 0 Å². The smallest absolute Gasteiger partial charge is 0.198 e. The summed E-state index contributed by atoms with van der Waals surface area (Å²) in [5, 5.41) is 22.2. The molecule has 26 heavy (non-hydrogen) atoms. The molecule has 0 saturated heterocycles. The van der Waals surface area contributed by atoms with Gasteiger partial charge in [-0.05, 0) is 41.3 Å². The highest BCUT2D eigenvalue weighted by atomic mass is 31.0. The number of alkyl halides is 1. The molecule has 1 aliphatic carbocycles. The number of anilines is 1. The van der Waals surface area contributed by atoms with E-state index in [-0.39, 0.29) is 18.8 Å². The Morgan fingerprint density at radius 1 is 1.46 bits per heavy atom. The number of nitrogens with zero attached hydrogens (tertiary/aromatic N) is 2. The monoisotopic (exact) mass is 379 g/mol. The van der Waals surface area contributed by atoms with Crippen molar-refractivity contribution >= 4 is 20.9 Å². The maximum absolute atomic E-state index is 14.4. The SMILES string of the molecule is Cc1c(C(=O)c2cnccc2N[C@@H]2C[C@H](CO)[C@@H](O)[C@@H]2F)cn(P)c1C. The first-order chi connectivity index (χ1) is 12.3. The molecule has 0 amide bonds. The molecule has 1 aliphatic rings. The molecule has 0 radical (unpaired) electrons. The van der Waals surface area contributed by atoms with Crippen molar-refractivity contribution in [2.75, 3.05) is 11.9 Å². The third kappa shape index (κ3) is 3.27. The lowest BCUT2D eigenvalue weighted by Gasteiger charge is -2.19. The zero-order valence-electron chi connectivity index (χ0n) is 14.7. The number of pyridine rings is 1. The van der Waals surface area contributed by atoms with Crippen LogP contribution < -0.4 is 5.32 Å². The molecule has 1 fully saturated rings. The number of carbonyl (C=O) groups excluding carboxylic acids is 1. The molecule has 2 aromatic heterocycles. The zero-order valence-corrected chi connectivity index (χ0v) is 15.8. The minimum Gasteiger partial charge on any atom is -0.396 e. The molecule has 0 aliphatic heterocycles. The summed E-state index contributed by atoms with van der Waals surface area (Å²) in [7, 11) is 2.54. The number of hydrogen-bond donors (Lipinski definition) is 3. The van der Waals surface area contributed by atoms with Gasteiger partial charge in [0.15, 0.2) is 5.78 Å². The van der Waals surface area contributed by atoms with E-state index in [9.17, 15) is 19.4 Å². The predicted molar refractivity (Wildman–Crippen MR) is 100 cm³/mol. The average molecular weight is 379 g/mol. The quantitative estimate of drug-likeness (QED) is 0.545. The fraction of sp³-hybridized carbons (Fsp3) is 0.444. The second-order valence-electron chi connectivity index (χ2n) is 6.78. The molecule has 8 heteroatoms. The van der Waals surface area contributed by atoms with Crippen LogP contribution >= 0.6 is 9.39 Å². The number of nitrogens with one attached hydrogen (secondary N) is 1. The summed E-state index contributed by atoms with van der Waals surface area (Å²) in [5.74, 6) is -0.713. The minimum atomic E-state index is -1.51. The summed E-state index contributed by atoms with van der Waals surface area (Å²) in [5.41, 5.74) is 3.22. The van der Waals surface area contributed by atoms with Gasteiger partial charge in [-0.1, -0.05) is 0 Å². The van der Waals surface area contributed by atoms with Gasteiger partial charge in [-0.2, -0.15) is 0 Å². The van der Waals surface area contributed by atoms with E-state index in [1.54, 1.807) is 12.3 Å². The zero-order chi connectivity index (χ0) is 19.0. The average Bonchev–Trinajstić information content (AvgIpc) is 3.06. The van der Waals surface area contributed by atoms with Crippen LogP contribution in [0.2, 0.25) is 0 Å². The molecule has 3 N–H and O–H groups in total. The number of halogens is 1. The van der Waals surface area contributed by atoms with Crippen molar-refractivity contribution in [3.05, 3.63) is 47.0 Å². The lowest BCUT2D eigenvalue weighted by molar-refractivity contribution is 0.0444. The van der Waals surface area contributed by atoms with Gasteiger partial charge in [0.25, 0.3) is 0 Å². The van der Waals surface area contributed by atoms with Crippen molar-refractivity contribution in [2.24, 2.45) is 5.92 Å². The van der Waals surface area contributed by atoms with Gasteiger partial charge in [-0.25, -0.2) is 4.39 Å². The Morgan fingerprint density at radius 2 is 2.19 bits per heavy atom. The van der Waals surface area contributed by atoms with E-state index in [0.717, 1.165) is 11.3 Å². The van der Waals surface area contributed by atoms with Gasteiger partial charge < -0.3 is 19.9 Å². The van der Waals surface area contributed by atoms with Crippen molar-refractivity contribution < 1.29 is 19.4 Å². The number of aliphatic hydroxyl groups excluding tert-OH is 2. The van der Waals surface area contributed by atoms with Crippen molar-refractivity contribution in [1.82, 2.24) is 9.32 Å². The number of aromatic nitrogens is 2. The summed E-state index contributed by atoms with van der Waals surface area (Å²) >= 11 is 0. The van der Waals surface area contributed by atoms with Crippen LogP contribution in [-0.4, -0.2) is 50.2 Å². The van der Waals surface area contributed by atoms with Gasteiger partial charge in [0.05, 0.1) is 17.7 Å². The summed E-state index contributed by atoms with van der Waals surface area (Å²) in [6, 6.07) is 0.948. The molecule has 3 rings (SSSR count). The molecule has 0 bridgehead atoms. The number of rotatable bonds is 5. The molecule has 2 heterocycles. The summed E-state index contributed by atoms with van der Waals surface area (Å²) in [6.45, 7) is 3.52. The van der Waals surface area contributed by atoms with Crippen LogP contribution in [0, 0.1) is 19.8 Å². The van der Waals surface area contributed by atoms with Crippen LogP contribution in [0.15, 0.2) is 24.7 Å². The maximum atomic E-state index is 14.4. The van der Waals surface area contributed by atoms with Gasteiger partial charge in [0.1, 0.15) is 6.17 Å². The van der Waals surface area contributed by atoms with E-state index >= 15 is 0 Å². The van der Waals surface area contributed by atoms with E-state index in [2.05, 4.69) is 19.7 Å². The Bertz CT molecular complexity index is 826. The largest absolute Gasteiger partial charge is 0.396 e. The molecular formula is C18H23FN3O3P. The second-order valence-corrected chi connectivity index (χ2v) is 7.33. The van der Waals surface area contributed by atoms with Crippen LogP contribution in [-0.2, 0) is 0 Å². The normalized spacial score (nSPS) is 25.5. The van der Waals surface area contributed by atoms with E-state index in [1.165, 1.54) is 12.4 Å². The van der Waals surface area contributed by atoms with Gasteiger partial charge in [0, 0.05) is 48.1 Å². The van der Waals surface area contributed by atoms with Crippen molar-refractivity contribution in [1.29, 1.82) is 0 Å². The molecule has 140 valence electrons. The first kappa shape index (κ1) is 19.0. The third-order valence-corrected chi connectivity index (χ3v) is 5.77. The lowest BCUT2D eigenvalue weighted by Crippen LogP contribution is -2.32. The standard InChI is InChI=1S/C18H23FN3O3P/c1-9-10(2)22(26)7-13(9)18(25)12-6-20-4-3-14(12)21-15-5-11(8-23)17(24)16(15)19/h3-4,6-7,11,15-17,23-24H,5,8,26H2,1-2H3,(H,20,21)/t11-,15-,16-,17-/m1/s1. The molecule has 0 aromatic carbocycles. The van der Waals surface area contributed by atoms with Crippen LogP contribution in [0.25, 0.3) is 0 Å². The second kappa shape index (κ2) is 7.43. The molecule has 0 spiro atoms. The Labute approximate surface area is 153 Å². The number of ketones is 1. The number of carbonyl (C=O) groups is 1. The van der Waals surface area contributed by atoms with Gasteiger partial charge in [-0.15, -0.1) is 0 Å². The van der Waals surface area contributed by atoms with E-state index in [1.807, 2.05) is 18.2 Å². The first-order valence-electron chi connectivity index (χ1n) is 8.47. The van der Waals surface area contributed by atoms with Crippen molar-refractivity contribution in [3.8, 4) is 0 Å². The predicted octanol–water partition coefficient (Wildman–Crippen LogP) is 1.86. The summed E-state index contributed by atoms with van der Waals surface area (Å²) in [6.07, 6.45) is 2.29. The Kier molecular flexibility index (Phi) is 5.42. The van der Waals surface area contributed by atoms with Crippen molar-refractivity contribution in [3.63, 3.8) is 0 Å². The number of aliphatic hydroxyl groups is 2. The highest BCUT2D eigenvalue weighted by molar-refractivity contribution is 7.14.